The molecule has 94 valence electrons. The predicted molar refractivity (Wildman–Crippen MR) is 72.7 cm³/mol. The molecule has 3 nitrogen and oxygen atoms in total. The highest BCUT2D eigenvalue weighted by molar-refractivity contribution is 9.10. The molecule has 0 bridgehead atoms. The summed E-state index contributed by atoms with van der Waals surface area (Å²) >= 11 is 3.47. The van der Waals surface area contributed by atoms with Crippen molar-refractivity contribution in [3.05, 3.63) is 34.3 Å². The van der Waals surface area contributed by atoms with Crippen molar-refractivity contribution < 1.29 is 4.74 Å². The van der Waals surface area contributed by atoms with Crippen LogP contribution in [0.15, 0.2) is 28.7 Å². The number of morpholine rings is 1. The molecule has 4 heteroatoms. The Morgan fingerprint density at radius 2 is 1.94 bits per heavy atom. The summed E-state index contributed by atoms with van der Waals surface area (Å²) in [6.45, 7) is 5.79. The van der Waals surface area contributed by atoms with Gasteiger partial charge in [-0.15, -0.1) is 0 Å². The van der Waals surface area contributed by atoms with E-state index in [4.69, 9.17) is 4.74 Å². The second-order valence-corrected chi connectivity index (χ2v) is 5.16. The highest BCUT2D eigenvalue weighted by atomic mass is 79.9. The van der Waals surface area contributed by atoms with Gasteiger partial charge in [0.25, 0.3) is 0 Å². The van der Waals surface area contributed by atoms with Crippen LogP contribution in [-0.4, -0.2) is 31.3 Å². The molecule has 1 aliphatic rings. The van der Waals surface area contributed by atoms with Crippen LogP contribution in [0.1, 0.15) is 24.9 Å². The van der Waals surface area contributed by atoms with Crippen molar-refractivity contribution in [3.8, 4) is 0 Å². The van der Waals surface area contributed by atoms with Crippen molar-refractivity contribution >= 4 is 15.9 Å². The number of hydrogen-bond donors (Lipinski definition) is 1. The van der Waals surface area contributed by atoms with E-state index in [1.54, 1.807) is 0 Å². The Bertz CT molecular complexity index is 336. The molecule has 2 rings (SSSR count). The Hall–Kier alpha value is -0.420. The van der Waals surface area contributed by atoms with E-state index in [0.29, 0.717) is 6.04 Å². The maximum absolute atomic E-state index is 5.35. The van der Waals surface area contributed by atoms with Crippen LogP contribution >= 0.6 is 15.9 Å². The molecular formula is C13H19BrN2O. The molecule has 1 heterocycles. The van der Waals surface area contributed by atoms with Crippen LogP contribution in [0.5, 0.6) is 0 Å². The molecule has 1 aromatic carbocycles. The molecule has 1 aromatic rings. The molecule has 1 fully saturated rings. The van der Waals surface area contributed by atoms with Crippen LogP contribution in [0.2, 0.25) is 0 Å². The number of benzene rings is 1. The van der Waals surface area contributed by atoms with Crippen molar-refractivity contribution in [1.82, 2.24) is 10.4 Å². The second kappa shape index (κ2) is 6.50. The van der Waals surface area contributed by atoms with Gasteiger partial charge in [-0.3, -0.25) is 0 Å². The molecular weight excluding hydrogens is 280 g/mol. The largest absolute Gasteiger partial charge is 0.379 e. The molecule has 0 spiro atoms. The molecule has 0 aromatic heterocycles. The fourth-order valence-corrected chi connectivity index (χ4v) is 2.27. The van der Waals surface area contributed by atoms with Crippen LogP contribution in [-0.2, 0) is 4.74 Å². The van der Waals surface area contributed by atoms with Crippen LogP contribution in [0.3, 0.4) is 0 Å². The lowest BCUT2D eigenvalue weighted by atomic mass is 10.1. The molecule has 0 saturated carbocycles. The summed E-state index contributed by atoms with van der Waals surface area (Å²) in [6, 6.07) is 8.93. The molecule has 1 N–H and O–H groups in total. The first-order valence-corrected chi connectivity index (χ1v) is 6.93. The predicted octanol–water partition coefficient (Wildman–Crippen LogP) is 2.74. The number of nitrogens with one attached hydrogen (secondary N) is 1. The van der Waals surface area contributed by atoms with Crippen LogP contribution in [0.4, 0.5) is 0 Å². The van der Waals surface area contributed by atoms with Crippen molar-refractivity contribution in [1.29, 1.82) is 0 Å². The van der Waals surface area contributed by atoms with E-state index in [-0.39, 0.29) is 0 Å². The Balaban J connectivity index is 1.97. The summed E-state index contributed by atoms with van der Waals surface area (Å²) in [4.78, 5) is 0. The zero-order valence-corrected chi connectivity index (χ0v) is 11.7. The second-order valence-electron chi connectivity index (χ2n) is 4.24. The van der Waals surface area contributed by atoms with E-state index >= 15 is 0 Å². The van der Waals surface area contributed by atoms with Crippen molar-refractivity contribution in [2.45, 2.75) is 19.4 Å². The molecule has 0 amide bonds. The topological polar surface area (TPSA) is 24.5 Å². The number of ether oxygens (including phenoxy) is 1. The fraction of sp³-hybridized carbons (Fsp3) is 0.538. The Kier molecular flexibility index (Phi) is 4.98. The van der Waals surface area contributed by atoms with Gasteiger partial charge in [0.15, 0.2) is 0 Å². The minimum absolute atomic E-state index is 0.390. The molecule has 1 unspecified atom stereocenters. The maximum Gasteiger partial charge on any atom is 0.0608 e. The molecule has 0 aliphatic carbocycles. The van der Waals surface area contributed by atoms with E-state index in [9.17, 15) is 0 Å². The van der Waals surface area contributed by atoms with Gasteiger partial charge in [0.1, 0.15) is 0 Å². The molecule has 0 radical (unpaired) electrons. The summed E-state index contributed by atoms with van der Waals surface area (Å²) in [5, 5.41) is 2.26. The first kappa shape index (κ1) is 13.0. The summed E-state index contributed by atoms with van der Waals surface area (Å²) in [7, 11) is 0. The van der Waals surface area contributed by atoms with Gasteiger partial charge in [0.05, 0.1) is 13.2 Å². The molecule has 1 atom stereocenters. The normalized spacial score (nSPS) is 19.2. The highest BCUT2D eigenvalue weighted by Crippen LogP contribution is 2.20. The molecule has 1 aliphatic heterocycles. The monoisotopic (exact) mass is 298 g/mol. The third kappa shape index (κ3) is 3.78. The van der Waals surface area contributed by atoms with Gasteiger partial charge < -0.3 is 4.74 Å². The highest BCUT2D eigenvalue weighted by Gasteiger charge is 2.15. The zero-order chi connectivity index (χ0) is 12.1. The smallest absolute Gasteiger partial charge is 0.0608 e. The van der Waals surface area contributed by atoms with E-state index in [2.05, 4.69) is 57.6 Å². The molecule has 1 saturated heterocycles. The Morgan fingerprint density at radius 1 is 1.29 bits per heavy atom. The van der Waals surface area contributed by atoms with Gasteiger partial charge in [0, 0.05) is 23.6 Å². The number of halogens is 1. The Labute approximate surface area is 111 Å². The minimum atomic E-state index is 0.390. The summed E-state index contributed by atoms with van der Waals surface area (Å²) < 4.78 is 6.48. The van der Waals surface area contributed by atoms with Gasteiger partial charge >= 0.3 is 0 Å². The van der Waals surface area contributed by atoms with E-state index in [1.807, 2.05) is 0 Å². The lowest BCUT2D eigenvalue weighted by molar-refractivity contribution is 0.00299. The number of nitrogens with zero attached hydrogens (tertiary/aromatic N) is 1. The summed E-state index contributed by atoms with van der Waals surface area (Å²) in [5.74, 6) is 0. The van der Waals surface area contributed by atoms with Gasteiger partial charge in [-0.25, -0.2) is 10.4 Å². The summed E-state index contributed by atoms with van der Waals surface area (Å²) in [5.41, 5.74) is 4.91. The number of rotatable bonds is 4. The minimum Gasteiger partial charge on any atom is -0.379 e. The van der Waals surface area contributed by atoms with Gasteiger partial charge in [0.2, 0.25) is 0 Å². The van der Waals surface area contributed by atoms with Crippen molar-refractivity contribution in [2.75, 3.05) is 26.3 Å². The first-order chi connectivity index (χ1) is 8.29. The quantitative estimate of drug-likeness (QED) is 0.925. The van der Waals surface area contributed by atoms with Crippen LogP contribution < -0.4 is 5.43 Å². The van der Waals surface area contributed by atoms with Gasteiger partial charge in [-0.05, 0) is 24.1 Å². The first-order valence-electron chi connectivity index (χ1n) is 6.14. The van der Waals surface area contributed by atoms with Crippen LogP contribution in [0.25, 0.3) is 0 Å². The van der Waals surface area contributed by atoms with Gasteiger partial charge in [-0.2, -0.15) is 0 Å². The lowest BCUT2D eigenvalue weighted by Gasteiger charge is -2.31. The average molecular weight is 299 g/mol. The van der Waals surface area contributed by atoms with E-state index < -0.39 is 0 Å². The number of hydrazine groups is 1. The zero-order valence-electron chi connectivity index (χ0n) is 10.2. The van der Waals surface area contributed by atoms with E-state index in [0.717, 1.165) is 37.2 Å². The van der Waals surface area contributed by atoms with Crippen molar-refractivity contribution in [3.63, 3.8) is 0 Å². The van der Waals surface area contributed by atoms with Crippen molar-refractivity contribution in [2.24, 2.45) is 0 Å². The average Bonchev–Trinajstić information content (AvgIpc) is 2.38. The SMILES string of the molecule is CCC(NN1CCOCC1)c1ccc(Br)cc1. The third-order valence-corrected chi connectivity index (χ3v) is 3.56. The number of hydrogen-bond acceptors (Lipinski definition) is 3. The third-order valence-electron chi connectivity index (χ3n) is 3.03. The van der Waals surface area contributed by atoms with Crippen LogP contribution in [0, 0.1) is 0 Å². The van der Waals surface area contributed by atoms with E-state index in [1.165, 1.54) is 5.56 Å². The Morgan fingerprint density at radius 3 is 2.53 bits per heavy atom. The van der Waals surface area contributed by atoms with Gasteiger partial charge in [-0.1, -0.05) is 35.0 Å². The maximum atomic E-state index is 5.35. The lowest BCUT2D eigenvalue weighted by Crippen LogP contribution is -2.47. The standard InChI is InChI=1S/C13H19BrN2O/c1-2-13(11-3-5-12(14)6-4-11)15-16-7-9-17-10-8-16/h3-6,13,15H,2,7-10H2,1H3. The summed E-state index contributed by atoms with van der Waals surface area (Å²) in [6.07, 6.45) is 1.08. The fourth-order valence-electron chi connectivity index (χ4n) is 2.01. The molecule has 17 heavy (non-hydrogen) atoms.